The average Bonchev–Trinajstić information content (AvgIpc) is 2.42. The van der Waals surface area contributed by atoms with Crippen LogP contribution in [0.15, 0.2) is 30.3 Å². The lowest BCUT2D eigenvalue weighted by Crippen LogP contribution is -2.10. The zero-order valence-electron chi connectivity index (χ0n) is 11.2. The van der Waals surface area contributed by atoms with E-state index in [1.807, 2.05) is 32.0 Å². The standard InChI is InChI=1S/C13H15N5O2/c1-8-3-4-10(7-9(8)2)15-13-11(18(19)20)5-6-12(16-13)17-14/h3-7H,14H2,1-2H3,(H2,15,16,17). The van der Waals surface area contributed by atoms with Crippen LogP contribution in [0.1, 0.15) is 11.1 Å². The van der Waals surface area contributed by atoms with E-state index in [2.05, 4.69) is 15.7 Å². The number of aromatic nitrogens is 1. The molecule has 1 aromatic heterocycles. The van der Waals surface area contributed by atoms with Gasteiger partial charge in [0.2, 0.25) is 5.82 Å². The Morgan fingerprint density at radius 2 is 1.95 bits per heavy atom. The molecule has 0 aliphatic heterocycles. The van der Waals surface area contributed by atoms with E-state index in [0.717, 1.165) is 16.8 Å². The molecule has 2 rings (SSSR count). The van der Waals surface area contributed by atoms with Gasteiger partial charge < -0.3 is 10.7 Å². The quantitative estimate of drug-likeness (QED) is 0.449. The molecule has 0 fully saturated rings. The van der Waals surface area contributed by atoms with Gasteiger partial charge in [0.15, 0.2) is 0 Å². The normalized spacial score (nSPS) is 10.2. The first kappa shape index (κ1) is 13.8. The highest BCUT2D eigenvalue weighted by atomic mass is 16.6. The lowest BCUT2D eigenvalue weighted by Gasteiger charge is -2.09. The number of aryl methyl sites for hydroxylation is 2. The van der Waals surface area contributed by atoms with Gasteiger partial charge in [0.05, 0.1) is 4.92 Å². The molecule has 0 aliphatic rings. The van der Waals surface area contributed by atoms with Crippen LogP contribution in [0.2, 0.25) is 0 Å². The molecule has 0 saturated heterocycles. The van der Waals surface area contributed by atoms with Gasteiger partial charge in [0, 0.05) is 11.8 Å². The molecule has 0 radical (unpaired) electrons. The Bertz CT molecular complexity index is 657. The fraction of sp³-hybridized carbons (Fsp3) is 0.154. The van der Waals surface area contributed by atoms with Crippen LogP contribution in [-0.2, 0) is 0 Å². The van der Waals surface area contributed by atoms with Crippen molar-refractivity contribution in [3.8, 4) is 0 Å². The van der Waals surface area contributed by atoms with Crippen molar-refractivity contribution in [3.63, 3.8) is 0 Å². The third kappa shape index (κ3) is 2.83. The lowest BCUT2D eigenvalue weighted by molar-refractivity contribution is -0.384. The maximum atomic E-state index is 11.0. The molecule has 1 heterocycles. The lowest BCUT2D eigenvalue weighted by atomic mass is 10.1. The van der Waals surface area contributed by atoms with Crippen molar-refractivity contribution < 1.29 is 4.92 Å². The van der Waals surface area contributed by atoms with Crippen molar-refractivity contribution in [2.24, 2.45) is 5.84 Å². The second kappa shape index (κ2) is 5.54. The molecule has 0 unspecified atom stereocenters. The van der Waals surface area contributed by atoms with E-state index in [1.165, 1.54) is 12.1 Å². The Hall–Kier alpha value is -2.67. The smallest absolute Gasteiger partial charge is 0.311 e. The number of hydrazine groups is 1. The predicted octanol–water partition coefficient (Wildman–Crippen LogP) is 2.64. The second-order valence-electron chi connectivity index (χ2n) is 4.39. The first-order valence-corrected chi connectivity index (χ1v) is 5.97. The molecule has 0 atom stereocenters. The number of nitrogens with zero attached hydrogens (tertiary/aromatic N) is 2. The second-order valence-corrected chi connectivity index (χ2v) is 4.39. The summed E-state index contributed by atoms with van der Waals surface area (Å²) in [6.45, 7) is 3.97. The Morgan fingerprint density at radius 3 is 2.55 bits per heavy atom. The summed E-state index contributed by atoms with van der Waals surface area (Å²) in [5.41, 5.74) is 5.23. The predicted molar refractivity (Wildman–Crippen MR) is 77.9 cm³/mol. The molecule has 7 heteroatoms. The van der Waals surface area contributed by atoms with Crippen LogP contribution in [0.5, 0.6) is 0 Å². The van der Waals surface area contributed by atoms with E-state index in [1.54, 1.807) is 0 Å². The minimum absolute atomic E-state index is 0.109. The molecule has 20 heavy (non-hydrogen) atoms. The van der Waals surface area contributed by atoms with E-state index in [0.29, 0.717) is 5.82 Å². The van der Waals surface area contributed by atoms with Crippen molar-refractivity contribution in [1.82, 2.24) is 4.98 Å². The highest BCUT2D eigenvalue weighted by Gasteiger charge is 2.16. The molecule has 0 amide bonds. The maximum Gasteiger partial charge on any atom is 0.311 e. The Kier molecular flexibility index (Phi) is 3.81. The largest absolute Gasteiger partial charge is 0.334 e. The molecular formula is C13H15N5O2. The summed E-state index contributed by atoms with van der Waals surface area (Å²) in [5.74, 6) is 5.77. The summed E-state index contributed by atoms with van der Waals surface area (Å²) in [4.78, 5) is 14.6. The molecule has 7 nitrogen and oxygen atoms in total. The Labute approximate surface area is 116 Å². The summed E-state index contributed by atoms with van der Waals surface area (Å²) >= 11 is 0. The molecule has 0 bridgehead atoms. The van der Waals surface area contributed by atoms with Gasteiger partial charge in [0.25, 0.3) is 0 Å². The number of anilines is 3. The van der Waals surface area contributed by atoms with Crippen LogP contribution in [0.25, 0.3) is 0 Å². The third-order valence-electron chi connectivity index (χ3n) is 2.99. The molecule has 4 N–H and O–H groups in total. The average molecular weight is 273 g/mol. The van der Waals surface area contributed by atoms with E-state index < -0.39 is 4.92 Å². The van der Waals surface area contributed by atoms with Crippen LogP contribution in [-0.4, -0.2) is 9.91 Å². The van der Waals surface area contributed by atoms with Gasteiger partial charge in [-0.2, -0.15) is 0 Å². The zero-order valence-corrected chi connectivity index (χ0v) is 11.2. The highest BCUT2D eigenvalue weighted by molar-refractivity contribution is 5.68. The fourth-order valence-corrected chi connectivity index (χ4v) is 1.73. The molecule has 1 aromatic carbocycles. The summed E-state index contributed by atoms with van der Waals surface area (Å²) < 4.78 is 0. The summed E-state index contributed by atoms with van der Waals surface area (Å²) in [6, 6.07) is 8.49. The zero-order chi connectivity index (χ0) is 14.7. The minimum Gasteiger partial charge on any atom is -0.334 e. The molecule has 0 aliphatic carbocycles. The molecule has 0 spiro atoms. The van der Waals surface area contributed by atoms with Crippen molar-refractivity contribution in [3.05, 3.63) is 51.6 Å². The first-order valence-electron chi connectivity index (χ1n) is 5.97. The van der Waals surface area contributed by atoms with Crippen molar-refractivity contribution in [2.45, 2.75) is 13.8 Å². The number of hydrogen-bond acceptors (Lipinski definition) is 6. The fourth-order valence-electron chi connectivity index (χ4n) is 1.73. The molecule has 0 saturated carbocycles. The maximum absolute atomic E-state index is 11.0. The number of nitrogens with two attached hydrogens (primary N) is 1. The number of rotatable bonds is 4. The minimum atomic E-state index is -0.489. The summed E-state index contributed by atoms with van der Waals surface area (Å²) in [7, 11) is 0. The number of hydrogen-bond donors (Lipinski definition) is 3. The van der Waals surface area contributed by atoms with Crippen LogP contribution in [0, 0.1) is 24.0 Å². The van der Waals surface area contributed by atoms with Crippen molar-refractivity contribution in [2.75, 3.05) is 10.7 Å². The van der Waals surface area contributed by atoms with Crippen molar-refractivity contribution >= 4 is 23.0 Å². The van der Waals surface area contributed by atoms with E-state index in [-0.39, 0.29) is 11.5 Å². The summed E-state index contributed by atoms with van der Waals surface area (Å²) in [6.07, 6.45) is 0. The number of nitro groups is 1. The van der Waals surface area contributed by atoms with Crippen LogP contribution in [0.4, 0.5) is 23.0 Å². The first-order chi connectivity index (χ1) is 9.51. The van der Waals surface area contributed by atoms with Gasteiger partial charge in [0.1, 0.15) is 5.82 Å². The van der Waals surface area contributed by atoms with E-state index in [4.69, 9.17) is 5.84 Å². The van der Waals surface area contributed by atoms with Gasteiger partial charge in [-0.05, 0) is 43.2 Å². The molecule has 2 aromatic rings. The Balaban J connectivity index is 2.40. The summed E-state index contributed by atoms with van der Waals surface area (Å²) in [5, 5.41) is 14.0. The van der Waals surface area contributed by atoms with Gasteiger partial charge in [-0.3, -0.25) is 10.1 Å². The topological polar surface area (TPSA) is 106 Å². The van der Waals surface area contributed by atoms with Gasteiger partial charge in [-0.25, -0.2) is 10.8 Å². The highest BCUT2D eigenvalue weighted by Crippen LogP contribution is 2.27. The number of nitrogens with one attached hydrogen (secondary N) is 2. The number of benzene rings is 1. The third-order valence-corrected chi connectivity index (χ3v) is 2.99. The van der Waals surface area contributed by atoms with Crippen molar-refractivity contribution in [1.29, 1.82) is 0 Å². The van der Waals surface area contributed by atoms with Crippen LogP contribution < -0.4 is 16.6 Å². The Morgan fingerprint density at radius 1 is 1.20 bits per heavy atom. The molecule has 104 valence electrons. The van der Waals surface area contributed by atoms with Gasteiger partial charge in [-0.1, -0.05) is 6.07 Å². The number of pyridine rings is 1. The monoisotopic (exact) mass is 273 g/mol. The van der Waals surface area contributed by atoms with Gasteiger partial charge >= 0.3 is 5.69 Å². The number of nitrogen functional groups attached to an aromatic ring is 1. The van der Waals surface area contributed by atoms with Crippen LogP contribution >= 0.6 is 0 Å². The van der Waals surface area contributed by atoms with Gasteiger partial charge in [-0.15, -0.1) is 0 Å². The SMILES string of the molecule is Cc1ccc(Nc2nc(NN)ccc2[N+](=O)[O-])cc1C. The van der Waals surface area contributed by atoms with E-state index in [9.17, 15) is 10.1 Å². The van der Waals surface area contributed by atoms with E-state index >= 15 is 0 Å². The van der Waals surface area contributed by atoms with Crippen LogP contribution in [0.3, 0.4) is 0 Å². The molecular weight excluding hydrogens is 258 g/mol.